The van der Waals surface area contributed by atoms with E-state index in [1.54, 1.807) is 0 Å². The number of esters is 1. The number of benzene rings is 1. The van der Waals surface area contributed by atoms with Crippen LogP contribution in [0.1, 0.15) is 19.3 Å². The van der Waals surface area contributed by atoms with Gasteiger partial charge >= 0.3 is 5.97 Å². The number of carbonyl (C=O) groups excluding carboxylic acids is 1. The van der Waals surface area contributed by atoms with Crippen LogP contribution in [0, 0.1) is 6.92 Å². The molecule has 0 aromatic heterocycles. The first-order valence-electron chi connectivity index (χ1n) is 4.65. The van der Waals surface area contributed by atoms with E-state index in [0.717, 1.165) is 6.07 Å². The fourth-order valence-corrected chi connectivity index (χ4v) is 1.08. The molecule has 1 aromatic carbocycles. The molecule has 1 rings (SSSR count). The zero-order chi connectivity index (χ0) is 11.3. The number of unbranched alkanes of at least 4 members (excludes halogenated alkanes) is 1. The van der Waals surface area contributed by atoms with E-state index < -0.39 is 5.97 Å². The standard InChI is InChI=1S/C11H13O4/c1-2-3-4-11(14)15-10-6-8(12)5-9(13)7-10/h5-7,12-13H,1-4H2. The smallest absolute Gasteiger partial charge is 0.311 e. The van der Waals surface area contributed by atoms with E-state index in [-0.39, 0.29) is 23.7 Å². The molecule has 0 aliphatic rings. The molecule has 0 heterocycles. The number of rotatable bonds is 4. The number of carbonyl (C=O) groups is 1. The Kier molecular flexibility index (Phi) is 3.97. The molecule has 4 heteroatoms. The molecule has 0 aliphatic carbocycles. The minimum Gasteiger partial charge on any atom is -0.508 e. The van der Waals surface area contributed by atoms with Crippen LogP contribution in [-0.4, -0.2) is 16.2 Å². The summed E-state index contributed by atoms with van der Waals surface area (Å²) >= 11 is 0. The predicted molar refractivity (Wildman–Crippen MR) is 54.6 cm³/mol. The van der Waals surface area contributed by atoms with Crippen molar-refractivity contribution in [3.63, 3.8) is 0 Å². The van der Waals surface area contributed by atoms with Crippen molar-refractivity contribution in [3.8, 4) is 17.2 Å². The van der Waals surface area contributed by atoms with Crippen molar-refractivity contribution in [2.75, 3.05) is 0 Å². The van der Waals surface area contributed by atoms with Crippen molar-refractivity contribution in [1.82, 2.24) is 0 Å². The second-order valence-electron chi connectivity index (χ2n) is 3.12. The topological polar surface area (TPSA) is 66.8 Å². The van der Waals surface area contributed by atoms with Gasteiger partial charge in [-0.1, -0.05) is 13.3 Å². The summed E-state index contributed by atoms with van der Waals surface area (Å²) in [5.74, 6) is -0.546. The van der Waals surface area contributed by atoms with Gasteiger partial charge in [0.2, 0.25) is 0 Å². The summed E-state index contributed by atoms with van der Waals surface area (Å²) in [5, 5.41) is 18.2. The average molecular weight is 209 g/mol. The molecule has 0 atom stereocenters. The Labute approximate surface area is 88.1 Å². The lowest BCUT2D eigenvalue weighted by atomic mass is 10.2. The molecule has 81 valence electrons. The van der Waals surface area contributed by atoms with E-state index in [4.69, 9.17) is 14.9 Å². The molecule has 1 radical (unpaired) electrons. The van der Waals surface area contributed by atoms with Crippen LogP contribution >= 0.6 is 0 Å². The lowest BCUT2D eigenvalue weighted by Gasteiger charge is -2.04. The molecule has 0 spiro atoms. The van der Waals surface area contributed by atoms with Crippen LogP contribution in [0.25, 0.3) is 0 Å². The fourth-order valence-electron chi connectivity index (χ4n) is 1.08. The van der Waals surface area contributed by atoms with Gasteiger partial charge in [0.15, 0.2) is 0 Å². The van der Waals surface area contributed by atoms with Gasteiger partial charge in [0.1, 0.15) is 17.2 Å². The summed E-state index contributed by atoms with van der Waals surface area (Å²) in [6.07, 6.45) is 1.60. The molecule has 0 saturated carbocycles. The minimum atomic E-state index is -0.399. The van der Waals surface area contributed by atoms with Crippen molar-refractivity contribution < 1.29 is 19.7 Å². The summed E-state index contributed by atoms with van der Waals surface area (Å²) < 4.78 is 4.89. The Morgan fingerprint density at radius 1 is 1.27 bits per heavy atom. The third kappa shape index (κ3) is 3.89. The maximum Gasteiger partial charge on any atom is 0.311 e. The third-order valence-corrected chi connectivity index (χ3v) is 1.74. The molecule has 0 amide bonds. The van der Waals surface area contributed by atoms with Gasteiger partial charge in [-0.25, -0.2) is 0 Å². The fraction of sp³-hybridized carbons (Fsp3) is 0.273. The van der Waals surface area contributed by atoms with E-state index in [1.165, 1.54) is 12.1 Å². The Bertz CT molecular complexity index is 326. The molecule has 15 heavy (non-hydrogen) atoms. The van der Waals surface area contributed by atoms with Crippen molar-refractivity contribution in [3.05, 3.63) is 25.1 Å². The van der Waals surface area contributed by atoms with Gasteiger partial charge in [0.25, 0.3) is 0 Å². The highest BCUT2D eigenvalue weighted by atomic mass is 16.5. The molecule has 2 N–H and O–H groups in total. The Balaban J connectivity index is 2.60. The third-order valence-electron chi connectivity index (χ3n) is 1.74. The highest BCUT2D eigenvalue weighted by Gasteiger charge is 2.06. The number of hydrogen-bond acceptors (Lipinski definition) is 4. The number of aromatic hydroxyl groups is 2. The lowest BCUT2D eigenvalue weighted by Crippen LogP contribution is -2.07. The molecule has 0 unspecified atom stereocenters. The van der Waals surface area contributed by atoms with Gasteiger partial charge in [0.05, 0.1) is 0 Å². The summed E-state index contributed by atoms with van der Waals surface area (Å²) in [6.45, 7) is 3.61. The van der Waals surface area contributed by atoms with E-state index in [1.807, 2.05) is 0 Å². The molecule has 0 bridgehead atoms. The molecule has 0 saturated heterocycles. The highest BCUT2D eigenvalue weighted by Crippen LogP contribution is 2.25. The Morgan fingerprint density at radius 2 is 1.87 bits per heavy atom. The van der Waals surface area contributed by atoms with Gasteiger partial charge in [-0.2, -0.15) is 0 Å². The van der Waals surface area contributed by atoms with Gasteiger partial charge < -0.3 is 14.9 Å². The maximum atomic E-state index is 11.2. The molecule has 0 aliphatic heterocycles. The second-order valence-corrected chi connectivity index (χ2v) is 3.12. The number of hydrogen-bond donors (Lipinski definition) is 2. The number of phenols is 2. The lowest BCUT2D eigenvalue weighted by molar-refractivity contribution is -0.134. The van der Waals surface area contributed by atoms with E-state index in [0.29, 0.717) is 12.8 Å². The normalized spacial score (nSPS) is 9.93. The second kappa shape index (κ2) is 5.24. The van der Waals surface area contributed by atoms with Gasteiger partial charge in [-0.3, -0.25) is 4.79 Å². The van der Waals surface area contributed by atoms with E-state index >= 15 is 0 Å². The molecule has 1 aromatic rings. The Morgan fingerprint density at radius 3 is 2.40 bits per heavy atom. The minimum absolute atomic E-state index is 0.140. The average Bonchev–Trinajstić information content (AvgIpc) is 2.13. The highest BCUT2D eigenvalue weighted by molar-refractivity contribution is 5.72. The van der Waals surface area contributed by atoms with Gasteiger partial charge in [-0.15, -0.1) is 0 Å². The first-order valence-corrected chi connectivity index (χ1v) is 4.65. The van der Waals surface area contributed by atoms with Crippen LogP contribution < -0.4 is 4.74 Å². The summed E-state index contributed by atoms with van der Waals surface area (Å²) in [5.41, 5.74) is 0. The Hall–Kier alpha value is -1.71. The van der Waals surface area contributed by atoms with Crippen LogP contribution in [0.15, 0.2) is 18.2 Å². The zero-order valence-electron chi connectivity index (χ0n) is 8.27. The van der Waals surface area contributed by atoms with Crippen LogP contribution in [0.3, 0.4) is 0 Å². The predicted octanol–water partition coefficient (Wildman–Crippen LogP) is 2.01. The maximum absolute atomic E-state index is 11.2. The summed E-state index contributed by atoms with van der Waals surface area (Å²) in [6, 6.07) is 3.69. The zero-order valence-corrected chi connectivity index (χ0v) is 8.27. The van der Waals surface area contributed by atoms with Crippen molar-refractivity contribution in [1.29, 1.82) is 0 Å². The molecular formula is C11H13O4. The van der Waals surface area contributed by atoms with Crippen LogP contribution in [-0.2, 0) is 4.79 Å². The SMILES string of the molecule is [CH2]CCCC(=O)Oc1cc(O)cc(O)c1. The monoisotopic (exact) mass is 209 g/mol. The number of ether oxygens (including phenoxy) is 1. The van der Waals surface area contributed by atoms with Crippen molar-refractivity contribution in [2.45, 2.75) is 19.3 Å². The summed E-state index contributed by atoms with van der Waals surface area (Å²) in [4.78, 5) is 11.2. The summed E-state index contributed by atoms with van der Waals surface area (Å²) in [7, 11) is 0. The molecule has 0 fully saturated rings. The van der Waals surface area contributed by atoms with Crippen molar-refractivity contribution in [2.24, 2.45) is 0 Å². The first-order chi connectivity index (χ1) is 7.11. The molecule has 4 nitrogen and oxygen atoms in total. The van der Waals surface area contributed by atoms with Gasteiger partial charge in [-0.05, 0) is 6.42 Å². The largest absolute Gasteiger partial charge is 0.508 e. The molecular weight excluding hydrogens is 196 g/mol. The first kappa shape index (κ1) is 11.4. The van der Waals surface area contributed by atoms with Crippen LogP contribution in [0.2, 0.25) is 0 Å². The quantitative estimate of drug-likeness (QED) is 0.588. The van der Waals surface area contributed by atoms with Gasteiger partial charge in [0, 0.05) is 24.6 Å². The van der Waals surface area contributed by atoms with Crippen LogP contribution in [0.5, 0.6) is 17.2 Å². The number of phenolic OH excluding ortho intramolecular Hbond substituents is 2. The van der Waals surface area contributed by atoms with Crippen molar-refractivity contribution >= 4 is 5.97 Å². The van der Waals surface area contributed by atoms with Crippen LogP contribution in [0.4, 0.5) is 0 Å². The van der Waals surface area contributed by atoms with E-state index in [9.17, 15) is 4.79 Å². The van der Waals surface area contributed by atoms with E-state index in [2.05, 4.69) is 6.92 Å².